The number of carbonyl (C=O) groups is 1. The van der Waals surface area contributed by atoms with Gasteiger partial charge >= 0.3 is 0 Å². The maximum atomic E-state index is 12.1. The average molecular weight is 267 g/mol. The summed E-state index contributed by atoms with van der Waals surface area (Å²) in [7, 11) is 0. The van der Waals surface area contributed by atoms with Gasteiger partial charge in [-0.15, -0.1) is 0 Å². The smallest absolute Gasteiger partial charge is 0.224 e. The number of hydrogen-bond acceptors (Lipinski definition) is 1. The van der Waals surface area contributed by atoms with Crippen LogP contribution in [0.4, 0.5) is 5.69 Å². The number of anilines is 1. The van der Waals surface area contributed by atoms with Gasteiger partial charge in [0.1, 0.15) is 0 Å². The van der Waals surface area contributed by atoms with Gasteiger partial charge in [-0.2, -0.15) is 0 Å². The van der Waals surface area contributed by atoms with Crippen molar-refractivity contribution in [3.05, 3.63) is 65.2 Å². The quantitative estimate of drug-likeness (QED) is 0.867. The number of amides is 1. The van der Waals surface area contributed by atoms with Crippen LogP contribution >= 0.6 is 0 Å². The van der Waals surface area contributed by atoms with Crippen molar-refractivity contribution in [3.63, 3.8) is 0 Å². The first-order valence-corrected chi connectivity index (χ1v) is 7.13. The minimum Gasteiger partial charge on any atom is -0.326 e. The predicted molar refractivity (Wildman–Crippen MR) is 83.9 cm³/mol. The summed E-state index contributed by atoms with van der Waals surface area (Å²) in [6.45, 7) is 4.14. The monoisotopic (exact) mass is 267 g/mol. The summed E-state index contributed by atoms with van der Waals surface area (Å²) in [6.07, 6.45) is 2.22. The molecule has 0 heterocycles. The molecule has 1 N–H and O–H groups in total. The van der Waals surface area contributed by atoms with Gasteiger partial charge in [-0.25, -0.2) is 0 Å². The van der Waals surface area contributed by atoms with Crippen molar-refractivity contribution in [2.75, 3.05) is 5.32 Å². The predicted octanol–water partition coefficient (Wildman–Crippen LogP) is 4.13. The number of nitrogens with one attached hydrogen (secondary N) is 1. The average Bonchev–Trinajstić information content (AvgIpc) is 2.48. The van der Waals surface area contributed by atoms with Crippen LogP contribution in [0.1, 0.15) is 30.0 Å². The molecule has 0 aliphatic heterocycles. The first-order valence-electron chi connectivity index (χ1n) is 7.13. The van der Waals surface area contributed by atoms with E-state index in [4.69, 9.17) is 0 Å². The minimum absolute atomic E-state index is 0.0813. The molecule has 0 spiro atoms. The Labute approximate surface area is 120 Å². The molecule has 2 heteroatoms. The van der Waals surface area contributed by atoms with E-state index in [-0.39, 0.29) is 5.91 Å². The fraction of sp³-hybridized carbons (Fsp3) is 0.278. The van der Waals surface area contributed by atoms with Crippen molar-refractivity contribution in [1.29, 1.82) is 0 Å². The van der Waals surface area contributed by atoms with E-state index in [1.807, 2.05) is 37.3 Å². The lowest BCUT2D eigenvalue weighted by Gasteiger charge is -2.13. The highest BCUT2D eigenvalue weighted by atomic mass is 16.1. The van der Waals surface area contributed by atoms with Crippen LogP contribution in [0.2, 0.25) is 0 Å². The van der Waals surface area contributed by atoms with Crippen LogP contribution in [0, 0.1) is 6.92 Å². The molecular formula is C18H21NO. The summed E-state index contributed by atoms with van der Waals surface area (Å²) in [5.74, 6) is 0.0813. The summed E-state index contributed by atoms with van der Waals surface area (Å²) >= 11 is 0. The van der Waals surface area contributed by atoms with Crippen LogP contribution in [0.15, 0.2) is 48.5 Å². The molecule has 2 nitrogen and oxygen atoms in total. The molecule has 0 bridgehead atoms. The molecule has 0 radical (unpaired) electrons. The number of benzene rings is 2. The van der Waals surface area contributed by atoms with Crippen molar-refractivity contribution in [1.82, 2.24) is 0 Å². The molecule has 0 unspecified atom stereocenters. The molecule has 0 atom stereocenters. The highest BCUT2D eigenvalue weighted by molar-refractivity contribution is 5.92. The van der Waals surface area contributed by atoms with E-state index in [0.29, 0.717) is 6.42 Å². The zero-order chi connectivity index (χ0) is 14.4. The van der Waals surface area contributed by atoms with Crippen molar-refractivity contribution < 1.29 is 4.79 Å². The van der Waals surface area contributed by atoms with Crippen molar-refractivity contribution in [3.8, 4) is 0 Å². The third kappa shape index (κ3) is 3.70. The molecule has 0 aliphatic rings. The number of hydrogen-bond donors (Lipinski definition) is 1. The summed E-state index contributed by atoms with van der Waals surface area (Å²) in [4.78, 5) is 12.1. The molecule has 20 heavy (non-hydrogen) atoms. The fourth-order valence-corrected chi connectivity index (χ4v) is 2.31. The van der Waals surface area contributed by atoms with Crippen LogP contribution < -0.4 is 5.32 Å². The second kappa shape index (κ2) is 6.90. The molecule has 0 fully saturated rings. The lowest BCUT2D eigenvalue weighted by molar-refractivity contribution is -0.116. The van der Waals surface area contributed by atoms with E-state index in [1.54, 1.807) is 0 Å². The Balaban J connectivity index is 1.98. The number of carbonyl (C=O) groups excluding carboxylic acids is 1. The molecule has 104 valence electrons. The van der Waals surface area contributed by atoms with Gasteiger partial charge in [-0.05, 0) is 36.5 Å². The second-order valence-electron chi connectivity index (χ2n) is 5.00. The maximum absolute atomic E-state index is 12.1. The van der Waals surface area contributed by atoms with Gasteiger partial charge in [0.15, 0.2) is 0 Å². The lowest BCUT2D eigenvalue weighted by atomic mass is 10.1. The first-order chi connectivity index (χ1) is 9.70. The van der Waals surface area contributed by atoms with Crippen LogP contribution in [0.25, 0.3) is 0 Å². The van der Waals surface area contributed by atoms with Crippen molar-refractivity contribution >= 4 is 11.6 Å². The summed E-state index contributed by atoms with van der Waals surface area (Å²) < 4.78 is 0. The van der Waals surface area contributed by atoms with Crippen LogP contribution in [0.5, 0.6) is 0 Å². The van der Waals surface area contributed by atoms with Gasteiger partial charge < -0.3 is 5.32 Å². The van der Waals surface area contributed by atoms with E-state index in [0.717, 1.165) is 24.1 Å². The Morgan fingerprint density at radius 3 is 2.50 bits per heavy atom. The van der Waals surface area contributed by atoms with Crippen LogP contribution in [0.3, 0.4) is 0 Å². The molecular weight excluding hydrogens is 246 g/mol. The molecule has 0 aliphatic carbocycles. The van der Waals surface area contributed by atoms with E-state index in [1.165, 1.54) is 11.1 Å². The van der Waals surface area contributed by atoms with Gasteiger partial charge in [0.05, 0.1) is 0 Å². The van der Waals surface area contributed by atoms with E-state index < -0.39 is 0 Å². The number of para-hydroxylation sites is 1. The standard InChI is InChI=1S/C18H21NO/c1-3-16-11-7-8-14(2)18(16)19-17(20)13-12-15-9-5-4-6-10-15/h4-11H,3,12-13H2,1-2H3,(H,19,20). The maximum Gasteiger partial charge on any atom is 0.224 e. The van der Waals surface area contributed by atoms with Gasteiger partial charge in [-0.3, -0.25) is 4.79 Å². The third-order valence-electron chi connectivity index (χ3n) is 3.49. The molecule has 2 aromatic carbocycles. The normalized spacial score (nSPS) is 10.3. The molecule has 0 saturated heterocycles. The highest BCUT2D eigenvalue weighted by Crippen LogP contribution is 2.21. The van der Waals surface area contributed by atoms with E-state index >= 15 is 0 Å². The summed E-state index contributed by atoms with van der Waals surface area (Å²) in [5.41, 5.74) is 4.49. The Kier molecular flexibility index (Phi) is 4.94. The fourth-order valence-electron chi connectivity index (χ4n) is 2.31. The zero-order valence-electron chi connectivity index (χ0n) is 12.1. The van der Waals surface area contributed by atoms with Crippen LogP contribution in [-0.4, -0.2) is 5.91 Å². The topological polar surface area (TPSA) is 29.1 Å². The molecule has 1 amide bonds. The SMILES string of the molecule is CCc1cccc(C)c1NC(=O)CCc1ccccc1. The van der Waals surface area contributed by atoms with Gasteiger partial charge in [0.2, 0.25) is 5.91 Å². The van der Waals surface area contributed by atoms with Crippen LogP contribution in [-0.2, 0) is 17.6 Å². The van der Waals surface area contributed by atoms with Crippen molar-refractivity contribution in [2.45, 2.75) is 33.1 Å². The Bertz CT molecular complexity index is 575. The first kappa shape index (κ1) is 14.3. The van der Waals surface area contributed by atoms with E-state index in [2.05, 4.69) is 30.4 Å². The largest absolute Gasteiger partial charge is 0.326 e. The Hall–Kier alpha value is -2.09. The minimum atomic E-state index is 0.0813. The number of rotatable bonds is 5. The Morgan fingerprint density at radius 1 is 1.05 bits per heavy atom. The van der Waals surface area contributed by atoms with Gasteiger partial charge in [0, 0.05) is 12.1 Å². The summed E-state index contributed by atoms with van der Waals surface area (Å²) in [6, 6.07) is 16.2. The number of aryl methyl sites for hydroxylation is 3. The molecule has 0 saturated carbocycles. The zero-order valence-corrected chi connectivity index (χ0v) is 12.1. The van der Waals surface area contributed by atoms with Crippen molar-refractivity contribution in [2.24, 2.45) is 0 Å². The molecule has 2 aromatic rings. The van der Waals surface area contributed by atoms with Gasteiger partial charge in [-0.1, -0.05) is 55.5 Å². The molecule has 2 rings (SSSR count). The van der Waals surface area contributed by atoms with Gasteiger partial charge in [0.25, 0.3) is 0 Å². The molecule has 0 aromatic heterocycles. The lowest BCUT2D eigenvalue weighted by Crippen LogP contribution is -2.14. The third-order valence-corrected chi connectivity index (χ3v) is 3.49. The second-order valence-corrected chi connectivity index (χ2v) is 5.00. The Morgan fingerprint density at radius 2 is 1.80 bits per heavy atom. The van der Waals surface area contributed by atoms with E-state index in [9.17, 15) is 4.79 Å². The highest BCUT2D eigenvalue weighted by Gasteiger charge is 2.08. The summed E-state index contributed by atoms with van der Waals surface area (Å²) in [5, 5.41) is 3.06.